The Bertz CT molecular complexity index is 1120. The van der Waals surface area contributed by atoms with E-state index >= 15 is 0 Å². The van der Waals surface area contributed by atoms with E-state index in [-0.39, 0.29) is 12.0 Å². The number of nitrogens with one attached hydrogen (secondary N) is 1. The second-order valence-electron chi connectivity index (χ2n) is 11.7. The van der Waals surface area contributed by atoms with Crippen LogP contribution in [0.25, 0.3) is 11.1 Å². The van der Waals surface area contributed by atoms with Gasteiger partial charge in [0.2, 0.25) is 0 Å². The van der Waals surface area contributed by atoms with Crippen LogP contribution in [-0.4, -0.2) is 79.9 Å². The monoisotopic (exact) mass is 555 g/mol. The Balaban J connectivity index is 1.09. The zero-order valence-corrected chi connectivity index (χ0v) is 24.4. The summed E-state index contributed by atoms with van der Waals surface area (Å²) in [4.78, 5) is 28.9. The van der Waals surface area contributed by atoms with Crippen molar-refractivity contribution in [1.29, 1.82) is 0 Å². The van der Waals surface area contributed by atoms with Gasteiger partial charge in [0, 0.05) is 45.9 Å². The van der Waals surface area contributed by atoms with Gasteiger partial charge in [0.25, 0.3) is 5.91 Å². The molecule has 2 fully saturated rings. The minimum atomic E-state index is -0.473. The number of nitrogens with zero attached hydrogens (tertiary/aromatic N) is 2. The molecular weight excluding hydrogens is 514 g/mol. The van der Waals surface area contributed by atoms with Gasteiger partial charge in [-0.3, -0.25) is 9.69 Å². The summed E-state index contributed by atoms with van der Waals surface area (Å²) in [5, 5.41) is 3.39. The van der Waals surface area contributed by atoms with Gasteiger partial charge in [-0.05, 0) is 74.3 Å². The largest absolute Gasteiger partial charge is 0.444 e. The molecule has 1 aliphatic carbocycles. The number of carbonyl (C=O) groups excluding carboxylic acids is 2. The summed E-state index contributed by atoms with van der Waals surface area (Å²) in [5.41, 5.74) is 3.51. The SMILES string of the molecule is C[C@H]1C[C@@H]1c1ccc(-c2ccc(C(=O)NCCCOCCN3CCN(C(=O)OC(C)(C)C)CC3)c(Cl)c2)cc1. The lowest BCUT2D eigenvalue weighted by Crippen LogP contribution is -2.50. The van der Waals surface area contributed by atoms with Gasteiger partial charge in [-0.15, -0.1) is 0 Å². The number of amides is 2. The molecule has 2 aromatic rings. The molecule has 1 N–H and O–H groups in total. The minimum Gasteiger partial charge on any atom is -0.444 e. The van der Waals surface area contributed by atoms with E-state index in [1.807, 2.05) is 32.9 Å². The molecule has 2 atom stereocenters. The van der Waals surface area contributed by atoms with Crippen LogP contribution in [-0.2, 0) is 9.47 Å². The van der Waals surface area contributed by atoms with E-state index in [2.05, 4.69) is 41.4 Å². The van der Waals surface area contributed by atoms with Gasteiger partial charge >= 0.3 is 6.09 Å². The molecule has 7 nitrogen and oxygen atoms in total. The average Bonchev–Trinajstić information content (AvgIpc) is 3.63. The Morgan fingerprint density at radius 2 is 1.67 bits per heavy atom. The molecule has 1 aliphatic heterocycles. The highest BCUT2D eigenvalue weighted by molar-refractivity contribution is 6.34. The number of ether oxygens (including phenoxy) is 2. The number of hydrogen-bond acceptors (Lipinski definition) is 5. The molecule has 0 aromatic heterocycles. The summed E-state index contributed by atoms with van der Waals surface area (Å²) >= 11 is 6.48. The van der Waals surface area contributed by atoms with Gasteiger partial charge in [0.1, 0.15) is 5.60 Å². The fourth-order valence-electron chi connectivity index (χ4n) is 4.84. The maximum atomic E-state index is 12.6. The third-order valence-electron chi connectivity index (χ3n) is 7.32. The summed E-state index contributed by atoms with van der Waals surface area (Å²) in [6.07, 6.45) is 1.75. The van der Waals surface area contributed by atoms with E-state index < -0.39 is 5.60 Å². The van der Waals surface area contributed by atoms with Crippen LogP contribution in [0, 0.1) is 5.92 Å². The topological polar surface area (TPSA) is 71.1 Å². The van der Waals surface area contributed by atoms with Crippen molar-refractivity contribution in [1.82, 2.24) is 15.1 Å². The zero-order chi connectivity index (χ0) is 28.0. The van der Waals surface area contributed by atoms with Gasteiger partial charge in [0.05, 0.1) is 17.2 Å². The lowest BCUT2D eigenvalue weighted by atomic mass is 10.0. The Morgan fingerprint density at radius 1 is 1.00 bits per heavy atom. The van der Waals surface area contributed by atoms with Crippen molar-refractivity contribution in [2.75, 3.05) is 52.5 Å². The molecule has 2 aliphatic rings. The molecule has 0 bridgehead atoms. The Labute approximate surface area is 237 Å². The van der Waals surface area contributed by atoms with E-state index in [1.165, 1.54) is 12.0 Å². The van der Waals surface area contributed by atoms with E-state index in [4.69, 9.17) is 21.1 Å². The van der Waals surface area contributed by atoms with E-state index in [0.717, 1.165) is 43.1 Å². The van der Waals surface area contributed by atoms with Gasteiger partial charge < -0.3 is 19.7 Å². The summed E-state index contributed by atoms with van der Waals surface area (Å²) < 4.78 is 11.2. The van der Waals surface area contributed by atoms with Crippen LogP contribution in [0.1, 0.15) is 62.4 Å². The molecule has 1 heterocycles. The van der Waals surface area contributed by atoms with Crippen molar-refractivity contribution < 1.29 is 19.1 Å². The lowest BCUT2D eigenvalue weighted by molar-refractivity contribution is 0.0116. The van der Waals surface area contributed by atoms with Crippen LogP contribution in [0.2, 0.25) is 5.02 Å². The summed E-state index contributed by atoms with van der Waals surface area (Å²) in [6.45, 7) is 13.4. The molecule has 0 radical (unpaired) electrons. The maximum Gasteiger partial charge on any atom is 0.410 e. The second kappa shape index (κ2) is 13.2. The molecule has 2 amide bonds. The summed E-state index contributed by atoms with van der Waals surface area (Å²) in [7, 11) is 0. The van der Waals surface area contributed by atoms with Crippen molar-refractivity contribution >= 4 is 23.6 Å². The van der Waals surface area contributed by atoms with Gasteiger partial charge in [-0.1, -0.05) is 48.9 Å². The Morgan fingerprint density at radius 3 is 2.28 bits per heavy atom. The first kappa shape index (κ1) is 29.4. The molecule has 212 valence electrons. The fraction of sp³-hybridized carbons (Fsp3) is 0.548. The summed E-state index contributed by atoms with van der Waals surface area (Å²) in [5.74, 6) is 1.31. The van der Waals surface area contributed by atoms with Crippen LogP contribution < -0.4 is 5.32 Å². The van der Waals surface area contributed by atoms with Gasteiger partial charge in [-0.25, -0.2) is 4.79 Å². The van der Waals surface area contributed by atoms with Crippen LogP contribution in [0.5, 0.6) is 0 Å². The first-order valence-electron chi connectivity index (χ1n) is 14.1. The van der Waals surface area contributed by atoms with Crippen molar-refractivity contribution in [3.63, 3.8) is 0 Å². The van der Waals surface area contributed by atoms with E-state index in [1.54, 1.807) is 11.0 Å². The maximum absolute atomic E-state index is 12.6. The Kier molecular flexibility index (Phi) is 9.91. The Hall–Kier alpha value is -2.61. The molecule has 0 spiro atoms. The zero-order valence-electron chi connectivity index (χ0n) is 23.7. The van der Waals surface area contributed by atoms with Crippen LogP contribution >= 0.6 is 11.6 Å². The van der Waals surface area contributed by atoms with E-state index in [0.29, 0.717) is 49.4 Å². The highest BCUT2D eigenvalue weighted by Crippen LogP contribution is 2.47. The van der Waals surface area contributed by atoms with Crippen LogP contribution in [0.15, 0.2) is 42.5 Å². The number of hydrogen-bond donors (Lipinski definition) is 1. The average molecular weight is 556 g/mol. The number of carbonyl (C=O) groups is 2. The lowest BCUT2D eigenvalue weighted by Gasteiger charge is -2.35. The van der Waals surface area contributed by atoms with Crippen molar-refractivity contribution in [3.05, 3.63) is 58.6 Å². The summed E-state index contributed by atoms with van der Waals surface area (Å²) in [6, 6.07) is 14.3. The highest BCUT2D eigenvalue weighted by atomic mass is 35.5. The minimum absolute atomic E-state index is 0.174. The third kappa shape index (κ3) is 8.69. The van der Waals surface area contributed by atoms with E-state index in [9.17, 15) is 9.59 Å². The number of rotatable bonds is 10. The third-order valence-corrected chi connectivity index (χ3v) is 7.63. The highest BCUT2D eigenvalue weighted by Gasteiger charge is 2.33. The van der Waals surface area contributed by atoms with Crippen LogP contribution in [0.4, 0.5) is 4.79 Å². The smallest absolute Gasteiger partial charge is 0.410 e. The first-order valence-corrected chi connectivity index (χ1v) is 14.4. The quantitative estimate of drug-likeness (QED) is 0.374. The molecule has 2 aromatic carbocycles. The van der Waals surface area contributed by atoms with Gasteiger partial charge in [-0.2, -0.15) is 0 Å². The molecule has 39 heavy (non-hydrogen) atoms. The standard InChI is InChI=1S/C31H42ClN3O4/c1-22-20-27(22)24-8-6-23(7-9-24)25-10-11-26(28(32)21-25)29(36)33-12-5-18-38-19-17-34-13-15-35(16-14-34)30(37)39-31(2,3)4/h6-11,21-22,27H,5,12-20H2,1-4H3,(H,33,36)/t22-,27-/m0/s1. The molecule has 1 saturated heterocycles. The first-order chi connectivity index (χ1) is 18.6. The normalized spacial score (nSPS) is 19.6. The number of benzene rings is 2. The molecule has 1 saturated carbocycles. The molecule has 4 rings (SSSR count). The predicted molar refractivity (Wildman–Crippen MR) is 155 cm³/mol. The van der Waals surface area contributed by atoms with Crippen LogP contribution in [0.3, 0.4) is 0 Å². The number of halogens is 1. The second-order valence-corrected chi connectivity index (χ2v) is 12.1. The molecule has 8 heteroatoms. The molecule has 0 unspecified atom stereocenters. The predicted octanol–water partition coefficient (Wildman–Crippen LogP) is 5.82. The van der Waals surface area contributed by atoms with Crippen molar-refractivity contribution in [3.8, 4) is 11.1 Å². The molecular formula is C31H42ClN3O4. The number of piperazine rings is 1. The van der Waals surface area contributed by atoms with Crippen molar-refractivity contribution in [2.24, 2.45) is 5.92 Å². The fourth-order valence-corrected chi connectivity index (χ4v) is 5.10. The van der Waals surface area contributed by atoms with Crippen molar-refractivity contribution in [2.45, 2.75) is 52.1 Å². The van der Waals surface area contributed by atoms with Gasteiger partial charge in [0.15, 0.2) is 0 Å².